The number of aryl methyl sites for hydroxylation is 1. The third-order valence-corrected chi connectivity index (χ3v) is 7.42. The summed E-state index contributed by atoms with van der Waals surface area (Å²) in [4.78, 5) is 16.9. The Balaban J connectivity index is 1.41. The minimum absolute atomic E-state index is 0.148. The summed E-state index contributed by atoms with van der Waals surface area (Å²) in [6, 6.07) is 10.0. The van der Waals surface area contributed by atoms with E-state index in [0.29, 0.717) is 11.6 Å². The molecule has 0 aromatic carbocycles. The average Bonchev–Trinajstić information content (AvgIpc) is 3.46. The summed E-state index contributed by atoms with van der Waals surface area (Å²) in [5.41, 5.74) is 6.40. The Labute approximate surface area is 233 Å². The first-order chi connectivity index (χ1) is 18.5. The standard InChI is InChI=1S/C29H35N9S/c1-17(2)25-20(21-15-31-38(19(21)4)16-29(5,6)7)11-12-23(33-25)37(8)24-14-18(3)26(36-35-24)34-28-32-22-10-9-13-30-27(22)39-28/h9-15,17H,16H2,1-8H3,(H,32,34,36). The molecule has 0 amide bonds. The van der Waals surface area contributed by atoms with E-state index in [0.717, 1.165) is 55.9 Å². The maximum atomic E-state index is 5.08. The summed E-state index contributed by atoms with van der Waals surface area (Å²) in [7, 11) is 1.97. The van der Waals surface area contributed by atoms with Crippen LogP contribution in [-0.2, 0) is 6.54 Å². The highest BCUT2D eigenvalue weighted by Crippen LogP contribution is 2.34. The third-order valence-electron chi connectivity index (χ3n) is 6.52. The van der Waals surface area contributed by atoms with Crippen molar-refractivity contribution in [3.05, 3.63) is 59.7 Å². The Morgan fingerprint density at radius 1 is 1.03 bits per heavy atom. The van der Waals surface area contributed by atoms with Crippen LogP contribution in [0.5, 0.6) is 0 Å². The molecule has 5 aromatic heterocycles. The van der Waals surface area contributed by atoms with Crippen LogP contribution in [0.25, 0.3) is 21.5 Å². The Bertz CT molecular complexity index is 1590. The minimum Gasteiger partial charge on any atom is -0.314 e. The van der Waals surface area contributed by atoms with Gasteiger partial charge in [0.15, 0.2) is 16.8 Å². The Kier molecular flexibility index (Phi) is 7.07. The number of hydrogen-bond donors (Lipinski definition) is 1. The van der Waals surface area contributed by atoms with Crippen molar-refractivity contribution in [3.63, 3.8) is 0 Å². The molecule has 0 saturated heterocycles. The van der Waals surface area contributed by atoms with E-state index in [-0.39, 0.29) is 11.3 Å². The number of pyridine rings is 2. The van der Waals surface area contributed by atoms with Gasteiger partial charge in [-0.25, -0.2) is 15.0 Å². The van der Waals surface area contributed by atoms with Crippen LogP contribution in [0.4, 0.5) is 22.6 Å². The molecule has 9 nitrogen and oxygen atoms in total. The minimum atomic E-state index is 0.148. The zero-order chi connectivity index (χ0) is 27.9. The van der Waals surface area contributed by atoms with Crippen LogP contribution >= 0.6 is 11.3 Å². The van der Waals surface area contributed by atoms with Gasteiger partial charge in [-0.3, -0.25) is 4.68 Å². The molecule has 202 valence electrons. The first-order valence-corrected chi connectivity index (χ1v) is 13.9. The highest BCUT2D eigenvalue weighted by atomic mass is 32.1. The maximum absolute atomic E-state index is 5.08. The molecule has 39 heavy (non-hydrogen) atoms. The van der Waals surface area contributed by atoms with Crippen molar-refractivity contribution >= 4 is 44.3 Å². The number of hydrogen-bond acceptors (Lipinski definition) is 9. The normalized spacial score (nSPS) is 11.9. The van der Waals surface area contributed by atoms with Crippen LogP contribution in [-0.4, -0.2) is 42.0 Å². The molecule has 0 saturated carbocycles. The predicted molar refractivity (Wildman–Crippen MR) is 159 cm³/mol. The molecule has 0 unspecified atom stereocenters. The first-order valence-electron chi connectivity index (χ1n) is 13.1. The van der Waals surface area contributed by atoms with E-state index in [1.54, 1.807) is 6.20 Å². The van der Waals surface area contributed by atoms with E-state index in [1.165, 1.54) is 11.3 Å². The van der Waals surface area contributed by atoms with E-state index < -0.39 is 0 Å². The lowest BCUT2D eigenvalue weighted by Crippen LogP contribution is -2.17. The van der Waals surface area contributed by atoms with Gasteiger partial charge in [0, 0.05) is 36.6 Å². The SMILES string of the molecule is Cc1cc(N(C)c2ccc(-c3cnn(CC(C)(C)C)c3C)c(C(C)C)n2)nnc1Nc1nc2cccnc2s1. The van der Waals surface area contributed by atoms with Gasteiger partial charge in [-0.1, -0.05) is 46.0 Å². The first kappa shape index (κ1) is 26.7. The van der Waals surface area contributed by atoms with Gasteiger partial charge in [0.2, 0.25) is 0 Å². The van der Waals surface area contributed by atoms with Gasteiger partial charge >= 0.3 is 0 Å². The van der Waals surface area contributed by atoms with Crippen LogP contribution in [0.3, 0.4) is 0 Å². The number of nitrogens with zero attached hydrogens (tertiary/aromatic N) is 8. The number of fused-ring (bicyclic) bond motifs is 1. The fourth-order valence-electron chi connectivity index (χ4n) is 4.44. The van der Waals surface area contributed by atoms with Crippen LogP contribution in [0.2, 0.25) is 0 Å². The van der Waals surface area contributed by atoms with Gasteiger partial charge in [-0.2, -0.15) is 5.10 Å². The summed E-state index contributed by atoms with van der Waals surface area (Å²) in [6.45, 7) is 16.0. The van der Waals surface area contributed by atoms with Crippen molar-refractivity contribution in [2.24, 2.45) is 5.41 Å². The predicted octanol–water partition coefficient (Wildman–Crippen LogP) is 7.04. The molecule has 0 aliphatic rings. The Hall–Kier alpha value is -3.92. The summed E-state index contributed by atoms with van der Waals surface area (Å²) < 4.78 is 2.10. The van der Waals surface area contributed by atoms with E-state index in [4.69, 9.17) is 10.1 Å². The summed E-state index contributed by atoms with van der Waals surface area (Å²) >= 11 is 1.49. The van der Waals surface area contributed by atoms with Crippen molar-refractivity contribution in [2.75, 3.05) is 17.3 Å². The molecular weight excluding hydrogens is 506 g/mol. The van der Waals surface area contributed by atoms with E-state index >= 15 is 0 Å². The molecule has 0 bridgehead atoms. The smallest absolute Gasteiger partial charge is 0.191 e. The van der Waals surface area contributed by atoms with Crippen molar-refractivity contribution in [1.82, 2.24) is 34.9 Å². The zero-order valence-electron chi connectivity index (χ0n) is 23.8. The molecule has 1 N–H and O–H groups in total. The molecular formula is C29H35N9S. The third kappa shape index (κ3) is 5.61. The zero-order valence-corrected chi connectivity index (χ0v) is 24.6. The molecule has 0 spiro atoms. The van der Waals surface area contributed by atoms with Crippen LogP contribution in [0, 0.1) is 19.3 Å². The molecule has 0 radical (unpaired) electrons. The van der Waals surface area contributed by atoms with Gasteiger partial charge in [0.1, 0.15) is 16.2 Å². The lowest BCUT2D eigenvalue weighted by Gasteiger charge is -2.21. The second-order valence-electron chi connectivity index (χ2n) is 11.4. The quantitative estimate of drug-likeness (QED) is 0.234. The van der Waals surface area contributed by atoms with Gasteiger partial charge in [-0.15, -0.1) is 10.2 Å². The molecule has 5 aromatic rings. The summed E-state index contributed by atoms with van der Waals surface area (Å²) in [6.07, 6.45) is 3.74. The second kappa shape index (κ2) is 10.3. The number of rotatable bonds is 7. The number of nitrogens with one attached hydrogen (secondary N) is 1. The van der Waals surface area contributed by atoms with Gasteiger partial charge in [0.05, 0.1) is 11.9 Å². The van der Waals surface area contributed by atoms with Crippen LogP contribution < -0.4 is 10.2 Å². The largest absolute Gasteiger partial charge is 0.314 e. The fraction of sp³-hybridized carbons (Fsp3) is 0.379. The van der Waals surface area contributed by atoms with Crippen molar-refractivity contribution in [1.29, 1.82) is 0 Å². The molecule has 10 heteroatoms. The van der Waals surface area contributed by atoms with E-state index in [9.17, 15) is 0 Å². The molecule has 5 rings (SSSR count). The lowest BCUT2D eigenvalue weighted by atomic mass is 9.96. The second-order valence-corrected chi connectivity index (χ2v) is 12.4. The highest BCUT2D eigenvalue weighted by Gasteiger charge is 2.20. The Morgan fingerprint density at radius 2 is 1.82 bits per heavy atom. The highest BCUT2D eigenvalue weighted by molar-refractivity contribution is 7.21. The van der Waals surface area contributed by atoms with Crippen molar-refractivity contribution in [3.8, 4) is 11.1 Å². The monoisotopic (exact) mass is 541 g/mol. The van der Waals surface area contributed by atoms with Crippen LogP contribution in [0.1, 0.15) is 57.5 Å². The molecule has 0 fully saturated rings. The lowest BCUT2D eigenvalue weighted by molar-refractivity contribution is 0.322. The van der Waals surface area contributed by atoms with Crippen molar-refractivity contribution < 1.29 is 0 Å². The Morgan fingerprint density at radius 3 is 2.51 bits per heavy atom. The topological polar surface area (TPSA) is 97.5 Å². The van der Waals surface area contributed by atoms with E-state index in [1.807, 2.05) is 49.3 Å². The summed E-state index contributed by atoms with van der Waals surface area (Å²) in [5.74, 6) is 2.43. The molecule has 5 heterocycles. The summed E-state index contributed by atoms with van der Waals surface area (Å²) in [5, 5.41) is 17.7. The average molecular weight is 542 g/mol. The van der Waals surface area contributed by atoms with Gasteiger partial charge < -0.3 is 10.2 Å². The molecule has 0 aliphatic heterocycles. The van der Waals surface area contributed by atoms with Crippen molar-refractivity contribution in [2.45, 2.75) is 60.9 Å². The van der Waals surface area contributed by atoms with E-state index in [2.05, 4.69) is 77.8 Å². The van der Waals surface area contributed by atoms with Crippen LogP contribution in [0.15, 0.2) is 42.7 Å². The van der Waals surface area contributed by atoms with Gasteiger partial charge in [-0.05, 0) is 61.1 Å². The maximum Gasteiger partial charge on any atom is 0.191 e. The number of anilines is 4. The molecule has 0 aliphatic carbocycles. The molecule has 0 atom stereocenters. The fourth-order valence-corrected chi connectivity index (χ4v) is 5.25. The van der Waals surface area contributed by atoms with Gasteiger partial charge in [0.25, 0.3) is 0 Å². The number of aromatic nitrogens is 7. The number of thiazole rings is 1.